The average molecular weight is 216 g/mol. The van der Waals surface area contributed by atoms with E-state index in [9.17, 15) is 0 Å². The second-order valence-corrected chi connectivity index (χ2v) is 5.64. The monoisotopic (exact) mass is 216 g/mol. The van der Waals surface area contributed by atoms with Gasteiger partial charge in [-0.05, 0) is 35.4 Å². The number of rotatable bonds is 2. The zero-order valence-corrected chi connectivity index (χ0v) is 10.3. The molecule has 1 heterocycles. The van der Waals surface area contributed by atoms with Gasteiger partial charge in [0, 0.05) is 18.4 Å². The molecule has 0 radical (unpaired) electrons. The van der Waals surface area contributed by atoms with Crippen LogP contribution in [0.5, 0.6) is 0 Å². The largest absolute Gasteiger partial charge is 0.399 e. The van der Waals surface area contributed by atoms with Gasteiger partial charge in [-0.2, -0.15) is 0 Å². The van der Waals surface area contributed by atoms with Crippen LogP contribution in [0.15, 0.2) is 30.5 Å². The van der Waals surface area contributed by atoms with E-state index in [4.69, 9.17) is 5.73 Å². The molecule has 2 N–H and O–H groups in total. The lowest BCUT2D eigenvalue weighted by molar-refractivity contribution is 0.353. The molecule has 0 spiro atoms. The third-order valence-corrected chi connectivity index (χ3v) is 2.90. The molecular formula is C14H20N2. The molecule has 2 rings (SSSR count). The Morgan fingerprint density at radius 1 is 1.19 bits per heavy atom. The molecule has 0 saturated carbocycles. The van der Waals surface area contributed by atoms with Crippen LogP contribution in [-0.4, -0.2) is 4.57 Å². The maximum absolute atomic E-state index is 5.82. The zero-order chi connectivity index (χ0) is 11.8. The fraction of sp³-hybridized carbons (Fsp3) is 0.429. The van der Waals surface area contributed by atoms with Crippen molar-refractivity contribution in [3.05, 3.63) is 30.5 Å². The van der Waals surface area contributed by atoms with E-state index >= 15 is 0 Å². The first-order valence-electron chi connectivity index (χ1n) is 5.80. The van der Waals surface area contributed by atoms with E-state index in [2.05, 4.69) is 49.7 Å². The molecule has 0 amide bonds. The number of aromatic nitrogens is 1. The molecule has 2 nitrogen and oxygen atoms in total. The van der Waals surface area contributed by atoms with Gasteiger partial charge in [-0.25, -0.2) is 0 Å². The van der Waals surface area contributed by atoms with Crippen molar-refractivity contribution in [2.45, 2.75) is 33.7 Å². The minimum atomic E-state index is 0.372. The molecule has 16 heavy (non-hydrogen) atoms. The van der Waals surface area contributed by atoms with Gasteiger partial charge < -0.3 is 10.3 Å². The van der Waals surface area contributed by atoms with Crippen LogP contribution in [0.1, 0.15) is 27.2 Å². The highest BCUT2D eigenvalue weighted by molar-refractivity contribution is 5.83. The summed E-state index contributed by atoms with van der Waals surface area (Å²) in [6, 6.07) is 8.24. The van der Waals surface area contributed by atoms with E-state index in [1.807, 2.05) is 6.07 Å². The Kier molecular flexibility index (Phi) is 2.66. The number of nitrogens with zero attached hydrogens (tertiary/aromatic N) is 1. The molecule has 0 aliphatic rings. The topological polar surface area (TPSA) is 30.9 Å². The van der Waals surface area contributed by atoms with Crippen molar-refractivity contribution in [2.24, 2.45) is 5.41 Å². The SMILES string of the molecule is CC(C)(C)CCn1ccc2ccc(N)cc21. The van der Waals surface area contributed by atoms with Crippen LogP contribution in [0, 0.1) is 5.41 Å². The van der Waals surface area contributed by atoms with Gasteiger partial charge >= 0.3 is 0 Å². The summed E-state index contributed by atoms with van der Waals surface area (Å²) in [6.45, 7) is 7.86. The number of nitrogen functional groups attached to an aromatic ring is 1. The van der Waals surface area contributed by atoms with Crippen molar-refractivity contribution in [3.63, 3.8) is 0 Å². The molecule has 0 aliphatic heterocycles. The van der Waals surface area contributed by atoms with Crippen LogP contribution in [0.4, 0.5) is 5.69 Å². The smallest absolute Gasteiger partial charge is 0.0500 e. The highest BCUT2D eigenvalue weighted by Gasteiger charge is 2.10. The third-order valence-electron chi connectivity index (χ3n) is 2.90. The predicted octanol–water partition coefficient (Wildman–Crippen LogP) is 3.66. The van der Waals surface area contributed by atoms with Crippen molar-refractivity contribution in [2.75, 3.05) is 5.73 Å². The van der Waals surface area contributed by atoms with Crippen LogP contribution in [-0.2, 0) is 6.54 Å². The Morgan fingerprint density at radius 3 is 2.62 bits per heavy atom. The van der Waals surface area contributed by atoms with Gasteiger partial charge in [0.15, 0.2) is 0 Å². The second-order valence-electron chi connectivity index (χ2n) is 5.64. The molecule has 86 valence electrons. The normalized spacial score (nSPS) is 12.2. The van der Waals surface area contributed by atoms with E-state index in [0.29, 0.717) is 5.41 Å². The lowest BCUT2D eigenvalue weighted by atomic mass is 9.92. The van der Waals surface area contributed by atoms with E-state index in [1.165, 1.54) is 17.3 Å². The minimum absolute atomic E-state index is 0.372. The fourth-order valence-electron chi connectivity index (χ4n) is 1.85. The van der Waals surface area contributed by atoms with Crippen LogP contribution in [0.25, 0.3) is 10.9 Å². The first-order valence-corrected chi connectivity index (χ1v) is 5.80. The van der Waals surface area contributed by atoms with E-state index in [-0.39, 0.29) is 0 Å². The Labute approximate surface area is 97.1 Å². The summed E-state index contributed by atoms with van der Waals surface area (Å²) in [4.78, 5) is 0. The van der Waals surface area contributed by atoms with Gasteiger partial charge in [0.2, 0.25) is 0 Å². The summed E-state index contributed by atoms with van der Waals surface area (Å²) in [5.41, 5.74) is 8.27. The van der Waals surface area contributed by atoms with Crippen LogP contribution < -0.4 is 5.73 Å². The fourth-order valence-corrected chi connectivity index (χ4v) is 1.85. The van der Waals surface area contributed by atoms with Crippen molar-refractivity contribution < 1.29 is 0 Å². The molecule has 0 aliphatic carbocycles. The minimum Gasteiger partial charge on any atom is -0.399 e. The number of aryl methyl sites for hydroxylation is 1. The van der Waals surface area contributed by atoms with Crippen LogP contribution in [0.2, 0.25) is 0 Å². The molecule has 0 saturated heterocycles. The third kappa shape index (κ3) is 2.38. The average Bonchev–Trinajstić information content (AvgIpc) is 2.56. The van der Waals surface area contributed by atoms with Gasteiger partial charge in [0.05, 0.1) is 5.52 Å². The molecule has 0 bridgehead atoms. The van der Waals surface area contributed by atoms with Crippen molar-refractivity contribution in [1.29, 1.82) is 0 Å². The molecule has 0 atom stereocenters. The van der Waals surface area contributed by atoms with E-state index in [1.54, 1.807) is 0 Å². The summed E-state index contributed by atoms with van der Waals surface area (Å²) in [5, 5.41) is 1.27. The number of nitrogens with two attached hydrogens (primary N) is 1. The van der Waals surface area contributed by atoms with Crippen molar-refractivity contribution in [3.8, 4) is 0 Å². The summed E-state index contributed by atoms with van der Waals surface area (Å²) in [5.74, 6) is 0. The lowest BCUT2D eigenvalue weighted by Crippen LogP contribution is -2.09. The lowest BCUT2D eigenvalue weighted by Gasteiger charge is -2.18. The Morgan fingerprint density at radius 2 is 1.94 bits per heavy atom. The molecule has 2 heteroatoms. The van der Waals surface area contributed by atoms with Crippen LogP contribution in [0.3, 0.4) is 0 Å². The number of anilines is 1. The quantitative estimate of drug-likeness (QED) is 0.763. The summed E-state index contributed by atoms with van der Waals surface area (Å²) in [7, 11) is 0. The molecule has 1 aromatic heterocycles. The highest BCUT2D eigenvalue weighted by Crippen LogP contribution is 2.23. The van der Waals surface area contributed by atoms with Gasteiger partial charge in [0.1, 0.15) is 0 Å². The van der Waals surface area contributed by atoms with Crippen molar-refractivity contribution >= 4 is 16.6 Å². The molecule has 0 unspecified atom stereocenters. The Balaban J connectivity index is 2.28. The molecule has 1 aromatic carbocycles. The zero-order valence-electron chi connectivity index (χ0n) is 10.3. The highest BCUT2D eigenvalue weighted by atomic mass is 14.9. The van der Waals surface area contributed by atoms with E-state index < -0.39 is 0 Å². The first-order chi connectivity index (χ1) is 7.46. The Bertz CT molecular complexity index is 489. The molecule has 0 fully saturated rings. The summed E-state index contributed by atoms with van der Waals surface area (Å²) in [6.07, 6.45) is 3.32. The first kappa shape index (κ1) is 11.1. The molecular weight excluding hydrogens is 196 g/mol. The second kappa shape index (κ2) is 3.85. The van der Waals surface area contributed by atoms with Gasteiger partial charge in [-0.3, -0.25) is 0 Å². The molecule has 2 aromatic rings. The van der Waals surface area contributed by atoms with E-state index in [0.717, 1.165) is 12.2 Å². The number of hydrogen-bond donors (Lipinski definition) is 1. The predicted molar refractivity (Wildman–Crippen MR) is 70.4 cm³/mol. The van der Waals surface area contributed by atoms with Gasteiger partial charge in [-0.1, -0.05) is 26.8 Å². The Hall–Kier alpha value is -1.44. The van der Waals surface area contributed by atoms with Gasteiger partial charge in [-0.15, -0.1) is 0 Å². The summed E-state index contributed by atoms with van der Waals surface area (Å²) < 4.78 is 2.29. The standard InChI is InChI=1S/C14H20N2/c1-14(2,3)7-9-16-8-6-11-4-5-12(15)10-13(11)16/h4-6,8,10H,7,9,15H2,1-3H3. The maximum Gasteiger partial charge on any atom is 0.0500 e. The number of hydrogen-bond acceptors (Lipinski definition) is 1. The van der Waals surface area contributed by atoms with Crippen molar-refractivity contribution in [1.82, 2.24) is 4.57 Å². The summed E-state index contributed by atoms with van der Waals surface area (Å²) >= 11 is 0. The maximum atomic E-state index is 5.82. The number of benzene rings is 1. The van der Waals surface area contributed by atoms with Crippen LogP contribution >= 0.6 is 0 Å². The van der Waals surface area contributed by atoms with Gasteiger partial charge in [0.25, 0.3) is 0 Å². The number of fused-ring (bicyclic) bond motifs is 1.